The van der Waals surface area contributed by atoms with Gasteiger partial charge >= 0.3 is 5.97 Å². The van der Waals surface area contributed by atoms with Crippen LogP contribution in [-0.2, 0) is 21.1 Å². The number of rotatable bonds is 7. The molecule has 1 aliphatic heterocycles. The minimum absolute atomic E-state index is 0.125. The standard InChI is InChI=1S/C23H19N3O8/c1-11-14-6-4-13(32-2)8-19(14)34-18(11)9-16-20(21(24)27)25-26(22(16)28)17-7-12(10-33-31)3-5-15(17)23(29)30/h3-9,31H,10H2,1-2H3,(H2,24,27)(H,29,30)/b16-9-. The van der Waals surface area contributed by atoms with Crippen LogP contribution in [0.3, 0.4) is 0 Å². The number of amides is 2. The minimum atomic E-state index is -1.32. The summed E-state index contributed by atoms with van der Waals surface area (Å²) in [5.74, 6) is -2.21. The molecule has 0 saturated carbocycles. The van der Waals surface area contributed by atoms with E-state index in [0.717, 1.165) is 10.4 Å². The number of benzene rings is 2. The number of furan rings is 1. The number of hydrazone groups is 1. The number of primary amides is 1. The molecule has 174 valence electrons. The number of hydrogen-bond donors (Lipinski definition) is 3. The smallest absolute Gasteiger partial charge is 0.337 e. The second-order valence-electron chi connectivity index (χ2n) is 7.37. The molecule has 0 saturated heterocycles. The van der Waals surface area contributed by atoms with Crippen molar-refractivity contribution in [3.63, 3.8) is 0 Å². The van der Waals surface area contributed by atoms with Crippen LogP contribution in [0.5, 0.6) is 5.75 Å². The number of aryl methyl sites for hydroxylation is 1. The number of aromatic carboxylic acids is 1. The van der Waals surface area contributed by atoms with Gasteiger partial charge in [-0.15, -0.1) is 0 Å². The Morgan fingerprint density at radius 3 is 2.65 bits per heavy atom. The Hall–Kier alpha value is -4.48. The number of hydrogen-bond acceptors (Lipinski definition) is 8. The van der Waals surface area contributed by atoms with Crippen molar-refractivity contribution in [2.45, 2.75) is 13.5 Å². The molecule has 0 spiro atoms. The first-order valence-electron chi connectivity index (χ1n) is 9.89. The number of carboxylic acid groups (broad SMARTS) is 1. The fourth-order valence-electron chi connectivity index (χ4n) is 3.61. The maximum atomic E-state index is 13.3. The topological polar surface area (TPSA) is 165 Å². The number of carboxylic acids is 1. The van der Waals surface area contributed by atoms with E-state index in [2.05, 4.69) is 9.99 Å². The van der Waals surface area contributed by atoms with Crippen LogP contribution < -0.4 is 15.5 Å². The summed E-state index contributed by atoms with van der Waals surface area (Å²) >= 11 is 0. The summed E-state index contributed by atoms with van der Waals surface area (Å²) in [4.78, 5) is 41.2. The van der Waals surface area contributed by atoms with Gasteiger partial charge in [0, 0.05) is 17.0 Å². The highest BCUT2D eigenvalue weighted by Gasteiger charge is 2.36. The van der Waals surface area contributed by atoms with E-state index in [9.17, 15) is 19.5 Å². The number of anilines is 1. The number of fused-ring (bicyclic) bond motifs is 1. The van der Waals surface area contributed by atoms with Crippen molar-refractivity contribution < 1.29 is 38.8 Å². The van der Waals surface area contributed by atoms with Crippen LogP contribution in [0.2, 0.25) is 0 Å². The summed E-state index contributed by atoms with van der Waals surface area (Å²) in [7, 11) is 1.52. The Bertz CT molecular complexity index is 1400. The molecule has 3 aromatic rings. The van der Waals surface area contributed by atoms with Gasteiger partial charge in [0.05, 0.1) is 23.9 Å². The van der Waals surface area contributed by atoms with E-state index in [-0.39, 0.29) is 29.1 Å². The monoisotopic (exact) mass is 465 g/mol. The molecule has 2 heterocycles. The lowest BCUT2D eigenvalue weighted by Crippen LogP contribution is -2.26. The maximum absolute atomic E-state index is 13.3. The quantitative estimate of drug-likeness (QED) is 0.272. The van der Waals surface area contributed by atoms with E-state index in [0.29, 0.717) is 28.2 Å². The van der Waals surface area contributed by atoms with Gasteiger partial charge in [0.25, 0.3) is 11.8 Å². The Labute approximate surface area is 192 Å². The second-order valence-corrected chi connectivity index (χ2v) is 7.37. The van der Waals surface area contributed by atoms with Gasteiger partial charge in [0.15, 0.2) is 5.71 Å². The van der Waals surface area contributed by atoms with Crippen LogP contribution in [0.15, 0.2) is 51.5 Å². The lowest BCUT2D eigenvalue weighted by atomic mass is 10.1. The Kier molecular flexibility index (Phi) is 5.88. The summed E-state index contributed by atoms with van der Waals surface area (Å²) < 4.78 is 11.1. The summed E-state index contributed by atoms with van der Waals surface area (Å²) in [6.45, 7) is 1.52. The fourth-order valence-corrected chi connectivity index (χ4v) is 3.61. The predicted octanol–water partition coefficient (Wildman–Crippen LogP) is 2.71. The van der Waals surface area contributed by atoms with Crippen molar-refractivity contribution in [2.75, 3.05) is 12.1 Å². The van der Waals surface area contributed by atoms with Crippen LogP contribution >= 0.6 is 0 Å². The molecule has 2 amide bonds. The van der Waals surface area contributed by atoms with Gasteiger partial charge in [-0.2, -0.15) is 10.1 Å². The average molecular weight is 465 g/mol. The van der Waals surface area contributed by atoms with E-state index in [1.165, 1.54) is 31.4 Å². The molecule has 0 fully saturated rings. The Morgan fingerprint density at radius 1 is 1.24 bits per heavy atom. The van der Waals surface area contributed by atoms with Gasteiger partial charge in [0.1, 0.15) is 23.7 Å². The molecular weight excluding hydrogens is 446 g/mol. The third-order valence-corrected chi connectivity index (χ3v) is 5.32. The summed E-state index contributed by atoms with van der Waals surface area (Å²) in [6.07, 6.45) is 1.34. The first-order valence-corrected chi connectivity index (χ1v) is 9.89. The van der Waals surface area contributed by atoms with E-state index in [1.54, 1.807) is 25.1 Å². The zero-order chi connectivity index (χ0) is 24.6. The van der Waals surface area contributed by atoms with Crippen LogP contribution in [0.25, 0.3) is 17.0 Å². The van der Waals surface area contributed by atoms with E-state index >= 15 is 0 Å². The zero-order valence-electron chi connectivity index (χ0n) is 18.1. The van der Waals surface area contributed by atoms with Crippen molar-refractivity contribution in [3.05, 3.63) is 64.4 Å². The predicted molar refractivity (Wildman–Crippen MR) is 120 cm³/mol. The lowest BCUT2D eigenvalue weighted by molar-refractivity contribution is -0.253. The number of carbonyl (C=O) groups excluding carboxylic acids is 2. The van der Waals surface area contributed by atoms with Gasteiger partial charge in [-0.1, -0.05) is 6.07 Å². The summed E-state index contributed by atoms with van der Waals surface area (Å²) in [5.41, 5.74) is 6.14. The normalized spacial score (nSPS) is 14.7. The first-order chi connectivity index (χ1) is 16.2. The fraction of sp³-hybridized carbons (Fsp3) is 0.130. The van der Waals surface area contributed by atoms with Crippen molar-refractivity contribution in [1.82, 2.24) is 0 Å². The van der Waals surface area contributed by atoms with E-state index in [1.807, 2.05) is 0 Å². The molecule has 11 nitrogen and oxygen atoms in total. The minimum Gasteiger partial charge on any atom is -0.497 e. The molecular formula is C23H19N3O8. The van der Waals surface area contributed by atoms with Crippen LogP contribution in [0.4, 0.5) is 5.69 Å². The average Bonchev–Trinajstić information content (AvgIpc) is 3.30. The molecule has 2 aromatic carbocycles. The first kappa shape index (κ1) is 22.7. The second kappa shape index (κ2) is 8.81. The lowest BCUT2D eigenvalue weighted by Gasteiger charge is -2.15. The van der Waals surface area contributed by atoms with E-state index in [4.69, 9.17) is 20.1 Å². The third-order valence-electron chi connectivity index (χ3n) is 5.32. The van der Waals surface area contributed by atoms with Gasteiger partial charge in [-0.25, -0.2) is 9.68 Å². The number of nitrogens with zero attached hydrogens (tertiary/aromatic N) is 2. The van der Waals surface area contributed by atoms with Crippen molar-refractivity contribution in [3.8, 4) is 5.75 Å². The highest BCUT2D eigenvalue weighted by molar-refractivity contribution is 6.55. The molecule has 1 aliphatic rings. The zero-order valence-corrected chi connectivity index (χ0v) is 18.1. The molecule has 0 atom stereocenters. The molecule has 34 heavy (non-hydrogen) atoms. The molecule has 0 radical (unpaired) electrons. The molecule has 4 rings (SSSR count). The molecule has 11 heteroatoms. The SMILES string of the molecule is COc1ccc2c(C)c(/C=C3\C(=O)N(c4cc(COO)ccc4C(=O)O)N=C3C(N)=O)oc2c1. The van der Waals surface area contributed by atoms with Crippen LogP contribution in [0, 0.1) is 6.92 Å². The highest BCUT2D eigenvalue weighted by Crippen LogP contribution is 2.33. The molecule has 0 aliphatic carbocycles. The van der Waals surface area contributed by atoms with Crippen LogP contribution in [0.1, 0.15) is 27.2 Å². The van der Waals surface area contributed by atoms with Gasteiger partial charge in [0.2, 0.25) is 0 Å². The number of ether oxygens (including phenoxy) is 1. The molecule has 0 unspecified atom stereocenters. The maximum Gasteiger partial charge on any atom is 0.337 e. The Balaban J connectivity index is 1.83. The van der Waals surface area contributed by atoms with Crippen molar-refractivity contribution >= 4 is 46.2 Å². The highest BCUT2D eigenvalue weighted by atomic mass is 17.1. The van der Waals surface area contributed by atoms with Gasteiger partial charge < -0.3 is 20.0 Å². The number of carbonyl (C=O) groups is 3. The third kappa shape index (κ3) is 3.89. The Morgan fingerprint density at radius 2 is 2.00 bits per heavy atom. The van der Waals surface area contributed by atoms with Crippen molar-refractivity contribution in [1.29, 1.82) is 0 Å². The molecule has 1 aromatic heterocycles. The molecule has 4 N–H and O–H groups in total. The summed E-state index contributed by atoms with van der Waals surface area (Å²) in [6, 6.07) is 9.19. The largest absolute Gasteiger partial charge is 0.497 e. The van der Waals surface area contributed by atoms with Gasteiger partial charge in [-0.3, -0.25) is 14.8 Å². The number of methoxy groups -OCH3 is 1. The number of nitrogens with two attached hydrogens (primary N) is 1. The van der Waals surface area contributed by atoms with E-state index < -0.39 is 17.8 Å². The van der Waals surface area contributed by atoms with Crippen molar-refractivity contribution in [2.24, 2.45) is 10.8 Å². The molecule has 0 bridgehead atoms. The summed E-state index contributed by atoms with van der Waals surface area (Å²) in [5, 5.41) is 23.9. The van der Waals surface area contributed by atoms with Crippen LogP contribution in [-0.4, -0.2) is 41.0 Å². The van der Waals surface area contributed by atoms with Gasteiger partial charge in [-0.05, 0) is 42.8 Å².